The van der Waals surface area contributed by atoms with Crippen LogP contribution >= 0.6 is 11.3 Å². The number of hydrogen-bond donors (Lipinski definition) is 2. The Morgan fingerprint density at radius 2 is 2.00 bits per heavy atom. The zero-order chi connectivity index (χ0) is 13.7. The van der Waals surface area contributed by atoms with Crippen LogP contribution in [0.5, 0.6) is 0 Å². The summed E-state index contributed by atoms with van der Waals surface area (Å²) in [5, 5.41) is 6.27. The van der Waals surface area contributed by atoms with Crippen molar-refractivity contribution in [2.45, 2.75) is 11.3 Å². The molecule has 5 nitrogen and oxygen atoms in total. The first-order valence-corrected chi connectivity index (χ1v) is 8.14. The van der Waals surface area contributed by atoms with E-state index >= 15 is 0 Å². The molecule has 0 unspecified atom stereocenters. The van der Waals surface area contributed by atoms with E-state index in [1.54, 1.807) is 41.8 Å². The Morgan fingerprint density at radius 3 is 2.58 bits per heavy atom. The van der Waals surface area contributed by atoms with Crippen molar-refractivity contribution in [1.29, 1.82) is 0 Å². The number of rotatable bonds is 6. The third-order valence-corrected chi connectivity index (χ3v) is 4.85. The molecule has 0 atom stereocenters. The van der Waals surface area contributed by atoms with Gasteiger partial charge in [0.05, 0.1) is 9.90 Å². The van der Waals surface area contributed by atoms with Gasteiger partial charge in [0.15, 0.2) is 0 Å². The quantitative estimate of drug-likeness (QED) is 0.851. The van der Waals surface area contributed by atoms with Gasteiger partial charge < -0.3 is 5.32 Å². The Morgan fingerprint density at radius 1 is 1.26 bits per heavy atom. The Bertz CT molecular complexity index is 607. The van der Waals surface area contributed by atoms with Gasteiger partial charge in [-0.2, -0.15) is 0 Å². The zero-order valence-corrected chi connectivity index (χ0v) is 12.1. The maximum absolute atomic E-state index is 11.5. The van der Waals surface area contributed by atoms with Gasteiger partial charge >= 0.3 is 0 Å². The van der Waals surface area contributed by atoms with Crippen LogP contribution in [0, 0.1) is 0 Å². The fourth-order valence-electron chi connectivity index (χ4n) is 1.56. The molecule has 2 N–H and O–H groups in total. The highest BCUT2D eigenvalue weighted by Crippen LogP contribution is 2.14. The molecule has 0 saturated carbocycles. The molecule has 7 heteroatoms. The molecule has 0 amide bonds. The van der Waals surface area contributed by atoms with Gasteiger partial charge in [-0.15, -0.1) is 11.3 Å². The molecule has 0 saturated heterocycles. The van der Waals surface area contributed by atoms with Gasteiger partial charge in [-0.3, -0.25) is 0 Å². The van der Waals surface area contributed by atoms with Crippen LogP contribution in [-0.4, -0.2) is 27.0 Å². The van der Waals surface area contributed by atoms with Gasteiger partial charge in [0, 0.05) is 30.2 Å². The maximum Gasteiger partial charge on any atom is 0.240 e. The van der Waals surface area contributed by atoms with Crippen LogP contribution in [0.4, 0.5) is 5.69 Å². The minimum Gasteiger partial charge on any atom is -0.385 e. The van der Waals surface area contributed by atoms with Crippen LogP contribution in [0.15, 0.2) is 40.7 Å². The summed E-state index contributed by atoms with van der Waals surface area (Å²) >= 11 is 1.63. The molecule has 2 aromatic rings. The highest BCUT2D eigenvalue weighted by molar-refractivity contribution is 7.89. The van der Waals surface area contributed by atoms with E-state index in [1.807, 2.05) is 5.38 Å². The van der Waals surface area contributed by atoms with Crippen molar-refractivity contribution in [3.05, 3.63) is 40.8 Å². The SMILES string of the molecule is CNS(=O)(=O)c1ccc(NCCc2nccs2)cc1. The van der Waals surface area contributed by atoms with E-state index < -0.39 is 10.0 Å². The molecule has 0 spiro atoms. The molecule has 1 heterocycles. The normalized spacial score (nSPS) is 11.4. The average molecular weight is 297 g/mol. The molecule has 2 rings (SSSR count). The number of sulfonamides is 1. The topological polar surface area (TPSA) is 71.1 Å². The summed E-state index contributed by atoms with van der Waals surface area (Å²) in [6.45, 7) is 0.769. The van der Waals surface area contributed by atoms with Crippen molar-refractivity contribution < 1.29 is 8.42 Å². The number of thiazole rings is 1. The number of aromatic nitrogens is 1. The van der Waals surface area contributed by atoms with Gasteiger partial charge in [-0.25, -0.2) is 18.1 Å². The van der Waals surface area contributed by atoms with Crippen LogP contribution in [0.1, 0.15) is 5.01 Å². The van der Waals surface area contributed by atoms with E-state index in [-0.39, 0.29) is 4.90 Å². The van der Waals surface area contributed by atoms with Gasteiger partial charge in [0.1, 0.15) is 0 Å². The summed E-state index contributed by atoms with van der Waals surface area (Å²) < 4.78 is 25.4. The molecule has 0 aliphatic heterocycles. The second kappa shape index (κ2) is 6.14. The molecule has 0 radical (unpaired) electrons. The Labute approximate surface area is 116 Å². The van der Waals surface area contributed by atoms with Crippen molar-refractivity contribution in [2.24, 2.45) is 0 Å². The Balaban J connectivity index is 1.92. The average Bonchev–Trinajstić information content (AvgIpc) is 2.92. The largest absolute Gasteiger partial charge is 0.385 e. The monoisotopic (exact) mass is 297 g/mol. The van der Waals surface area contributed by atoms with Gasteiger partial charge in [-0.1, -0.05) is 0 Å². The summed E-state index contributed by atoms with van der Waals surface area (Å²) in [7, 11) is -1.96. The van der Waals surface area contributed by atoms with E-state index in [2.05, 4.69) is 15.0 Å². The van der Waals surface area contributed by atoms with Crippen molar-refractivity contribution >= 4 is 27.0 Å². The van der Waals surface area contributed by atoms with Crippen molar-refractivity contribution in [3.8, 4) is 0 Å². The Kier molecular flexibility index (Phi) is 4.52. The number of nitrogens with zero attached hydrogens (tertiary/aromatic N) is 1. The highest BCUT2D eigenvalue weighted by atomic mass is 32.2. The van der Waals surface area contributed by atoms with Crippen molar-refractivity contribution in [1.82, 2.24) is 9.71 Å². The molecule has 0 aliphatic carbocycles. The maximum atomic E-state index is 11.5. The summed E-state index contributed by atoms with van der Waals surface area (Å²) in [6.07, 6.45) is 2.64. The first kappa shape index (κ1) is 14.0. The zero-order valence-electron chi connectivity index (χ0n) is 10.5. The number of anilines is 1. The first-order chi connectivity index (χ1) is 9.12. The second-order valence-corrected chi connectivity index (χ2v) is 6.70. The van der Waals surface area contributed by atoms with Gasteiger partial charge in [0.25, 0.3) is 0 Å². The highest BCUT2D eigenvalue weighted by Gasteiger charge is 2.10. The molecule has 1 aromatic carbocycles. The second-order valence-electron chi connectivity index (χ2n) is 3.83. The van der Waals surface area contributed by atoms with E-state index in [0.717, 1.165) is 23.7 Å². The molecule has 102 valence electrons. The Hall–Kier alpha value is -1.44. The third-order valence-electron chi connectivity index (χ3n) is 2.58. The lowest BCUT2D eigenvalue weighted by Gasteiger charge is -2.07. The van der Waals surface area contributed by atoms with Crippen LogP contribution in [-0.2, 0) is 16.4 Å². The van der Waals surface area contributed by atoms with E-state index in [4.69, 9.17) is 0 Å². The van der Waals surface area contributed by atoms with Crippen LogP contribution in [0.3, 0.4) is 0 Å². The molecule has 1 aromatic heterocycles. The lowest BCUT2D eigenvalue weighted by molar-refractivity contribution is 0.588. The number of benzene rings is 1. The van der Waals surface area contributed by atoms with Crippen molar-refractivity contribution in [2.75, 3.05) is 18.9 Å². The predicted molar refractivity (Wildman–Crippen MR) is 77.0 cm³/mol. The minimum atomic E-state index is -3.36. The third kappa shape index (κ3) is 3.76. The van der Waals surface area contributed by atoms with Crippen LogP contribution in [0.2, 0.25) is 0 Å². The summed E-state index contributed by atoms with van der Waals surface area (Å²) in [5.74, 6) is 0. The van der Waals surface area contributed by atoms with Gasteiger partial charge in [0.2, 0.25) is 10.0 Å². The molecule has 0 fully saturated rings. The molecular weight excluding hydrogens is 282 g/mol. The fourth-order valence-corrected chi connectivity index (χ4v) is 2.91. The molecule has 0 aliphatic rings. The predicted octanol–water partition coefficient (Wildman–Crippen LogP) is 1.71. The van der Waals surface area contributed by atoms with Crippen molar-refractivity contribution in [3.63, 3.8) is 0 Å². The smallest absolute Gasteiger partial charge is 0.240 e. The van der Waals surface area contributed by atoms with E-state index in [9.17, 15) is 8.42 Å². The lowest BCUT2D eigenvalue weighted by Crippen LogP contribution is -2.18. The number of hydrogen-bond acceptors (Lipinski definition) is 5. The molecule has 0 bridgehead atoms. The molecule has 19 heavy (non-hydrogen) atoms. The summed E-state index contributed by atoms with van der Waals surface area (Å²) in [5.41, 5.74) is 0.895. The van der Waals surface area contributed by atoms with Crippen LogP contribution < -0.4 is 10.0 Å². The minimum absolute atomic E-state index is 0.264. The van der Waals surface area contributed by atoms with Gasteiger partial charge in [-0.05, 0) is 31.3 Å². The first-order valence-electron chi connectivity index (χ1n) is 5.78. The fraction of sp³-hybridized carbons (Fsp3) is 0.250. The van der Waals surface area contributed by atoms with E-state index in [1.165, 1.54) is 7.05 Å². The number of nitrogens with one attached hydrogen (secondary N) is 2. The van der Waals surface area contributed by atoms with E-state index in [0.29, 0.717) is 0 Å². The lowest BCUT2D eigenvalue weighted by atomic mass is 10.3. The molecular formula is C12H15N3O2S2. The standard InChI is InChI=1S/C12H15N3O2S2/c1-13-19(16,17)11-4-2-10(3-5-11)14-7-6-12-15-8-9-18-12/h2-5,8-9,13-14H,6-7H2,1H3. The van der Waals surface area contributed by atoms with Crippen LogP contribution in [0.25, 0.3) is 0 Å². The summed E-state index contributed by atoms with van der Waals surface area (Å²) in [6, 6.07) is 6.67. The summed E-state index contributed by atoms with van der Waals surface area (Å²) in [4.78, 5) is 4.46.